The lowest BCUT2D eigenvalue weighted by Gasteiger charge is -2.06. The van der Waals surface area contributed by atoms with Crippen molar-refractivity contribution in [2.24, 2.45) is 0 Å². The Hall–Kier alpha value is -1.30. The zero-order chi connectivity index (χ0) is 14.5. The van der Waals surface area contributed by atoms with Crippen LogP contribution in [-0.4, -0.2) is 17.4 Å². The van der Waals surface area contributed by atoms with Gasteiger partial charge in [0.1, 0.15) is 23.1 Å². The van der Waals surface area contributed by atoms with Gasteiger partial charge in [0.2, 0.25) is 0 Å². The molecule has 1 aromatic heterocycles. The van der Waals surface area contributed by atoms with E-state index in [4.69, 9.17) is 27.9 Å². The Labute approximate surface area is 130 Å². The fraction of sp³-hybridized carbons (Fsp3) is 0.231. The standard InChI is InChI=1S/C13H12Cl2N2O2S/c1-2-16-13(18)10-7-20-12(17-10)6-19-11-5-8(14)3-4-9(11)15/h3-5,7H,2,6H2,1H3,(H,16,18). The van der Waals surface area contributed by atoms with Crippen molar-refractivity contribution in [1.82, 2.24) is 10.3 Å². The Morgan fingerprint density at radius 3 is 3.00 bits per heavy atom. The highest BCUT2D eigenvalue weighted by Gasteiger charge is 2.10. The fourth-order valence-electron chi connectivity index (χ4n) is 1.46. The molecule has 7 heteroatoms. The van der Waals surface area contributed by atoms with Crippen LogP contribution in [0.4, 0.5) is 0 Å². The van der Waals surface area contributed by atoms with Crippen molar-refractivity contribution in [2.75, 3.05) is 6.54 Å². The van der Waals surface area contributed by atoms with Crippen molar-refractivity contribution in [3.63, 3.8) is 0 Å². The minimum absolute atomic E-state index is 0.184. The molecular formula is C13H12Cl2N2O2S. The molecule has 0 aliphatic rings. The third kappa shape index (κ3) is 3.85. The molecule has 20 heavy (non-hydrogen) atoms. The van der Waals surface area contributed by atoms with Crippen molar-refractivity contribution < 1.29 is 9.53 Å². The molecular weight excluding hydrogens is 319 g/mol. The maximum Gasteiger partial charge on any atom is 0.270 e. The number of nitrogens with zero attached hydrogens (tertiary/aromatic N) is 1. The summed E-state index contributed by atoms with van der Waals surface area (Å²) in [6.45, 7) is 2.67. The van der Waals surface area contributed by atoms with Gasteiger partial charge in [0.15, 0.2) is 0 Å². The molecule has 0 atom stereocenters. The average Bonchev–Trinajstić information content (AvgIpc) is 2.89. The number of aromatic nitrogens is 1. The number of nitrogens with one attached hydrogen (secondary N) is 1. The minimum Gasteiger partial charge on any atom is -0.485 e. The molecule has 0 aliphatic carbocycles. The Kier molecular flexibility index (Phi) is 5.23. The van der Waals surface area contributed by atoms with Gasteiger partial charge in [0.05, 0.1) is 5.02 Å². The molecule has 0 unspecified atom stereocenters. The SMILES string of the molecule is CCNC(=O)c1csc(COc2cc(Cl)ccc2Cl)n1. The summed E-state index contributed by atoms with van der Waals surface area (Å²) in [5.74, 6) is 0.310. The molecule has 1 aromatic carbocycles. The zero-order valence-electron chi connectivity index (χ0n) is 10.7. The number of carbonyl (C=O) groups is 1. The summed E-state index contributed by atoms with van der Waals surface area (Å²) in [6.07, 6.45) is 0. The first kappa shape index (κ1) is 15.1. The molecule has 106 valence electrons. The van der Waals surface area contributed by atoms with Crippen LogP contribution >= 0.6 is 34.5 Å². The van der Waals surface area contributed by atoms with E-state index in [0.717, 1.165) is 0 Å². The molecule has 0 saturated heterocycles. The summed E-state index contributed by atoms with van der Waals surface area (Å²) in [7, 11) is 0. The molecule has 4 nitrogen and oxygen atoms in total. The zero-order valence-corrected chi connectivity index (χ0v) is 13.0. The van der Waals surface area contributed by atoms with E-state index < -0.39 is 0 Å². The summed E-state index contributed by atoms with van der Waals surface area (Å²) >= 11 is 13.2. The lowest BCUT2D eigenvalue weighted by Crippen LogP contribution is -2.22. The molecule has 0 fully saturated rings. The number of hydrogen-bond acceptors (Lipinski definition) is 4. The second-order valence-electron chi connectivity index (χ2n) is 3.85. The first-order valence-corrected chi connectivity index (χ1v) is 7.54. The smallest absolute Gasteiger partial charge is 0.270 e. The van der Waals surface area contributed by atoms with Gasteiger partial charge < -0.3 is 10.1 Å². The van der Waals surface area contributed by atoms with Gasteiger partial charge >= 0.3 is 0 Å². The minimum atomic E-state index is -0.184. The molecule has 0 saturated carbocycles. The van der Waals surface area contributed by atoms with Crippen molar-refractivity contribution in [2.45, 2.75) is 13.5 Å². The number of rotatable bonds is 5. The number of hydrogen-bond donors (Lipinski definition) is 1. The average molecular weight is 331 g/mol. The number of amides is 1. The maximum atomic E-state index is 11.6. The van der Waals surface area contributed by atoms with Crippen molar-refractivity contribution in [3.05, 3.63) is 44.3 Å². The number of thiazole rings is 1. The van der Waals surface area contributed by atoms with Gasteiger partial charge in [-0.25, -0.2) is 4.98 Å². The molecule has 2 aromatic rings. The van der Waals surface area contributed by atoms with Gasteiger partial charge in [-0.1, -0.05) is 23.2 Å². The predicted octanol–water partition coefficient (Wildman–Crippen LogP) is 3.78. The summed E-state index contributed by atoms with van der Waals surface area (Å²) in [6, 6.07) is 5.00. The first-order chi connectivity index (χ1) is 9.60. The van der Waals surface area contributed by atoms with Crippen molar-refractivity contribution >= 4 is 40.4 Å². The topological polar surface area (TPSA) is 51.2 Å². The normalized spacial score (nSPS) is 10.3. The number of halogens is 2. The maximum absolute atomic E-state index is 11.6. The molecule has 0 radical (unpaired) electrons. The fourth-order valence-corrected chi connectivity index (χ4v) is 2.48. The van der Waals surface area contributed by atoms with Crippen LogP contribution in [0.25, 0.3) is 0 Å². The Morgan fingerprint density at radius 1 is 1.45 bits per heavy atom. The van der Waals surface area contributed by atoms with E-state index in [1.807, 2.05) is 6.92 Å². The molecule has 2 rings (SSSR count). The Bertz CT molecular complexity index is 616. The largest absolute Gasteiger partial charge is 0.485 e. The van der Waals surface area contributed by atoms with Crippen molar-refractivity contribution in [3.8, 4) is 5.75 Å². The van der Waals surface area contributed by atoms with E-state index >= 15 is 0 Å². The quantitative estimate of drug-likeness (QED) is 0.907. The third-order valence-electron chi connectivity index (χ3n) is 2.37. The van der Waals surface area contributed by atoms with E-state index in [0.29, 0.717) is 33.0 Å². The van der Waals surface area contributed by atoms with Crippen LogP contribution in [0.3, 0.4) is 0 Å². The highest BCUT2D eigenvalue weighted by atomic mass is 35.5. The predicted molar refractivity (Wildman–Crippen MR) is 80.9 cm³/mol. The van der Waals surface area contributed by atoms with Crippen LogP contribution in [0.5, 0.6) is 5.75 Å². The van der Waals surface area contributed by atoms with Gasteiger partial charge in [-0.05, 0) is 19.1 Å². The van der Waals surface area contributed by atoms with Crippen molar-refractivity contribution in [1.29, 1.82) is 0 Å². The summed E-state index contributed by atoms with van der Waals surface area (Å²) in [4.78, 5) is 15.8. The number of carbonyl (C=O) groups excluding carboxylic acids is 1. The van der Waals surface area contributed by atoms with E-state index in [1.54, 1.807) is 23.6 Å². The summed E-state index contributed by atoms with van der Waals surface area (Å²) in [5, 5.41) is 6.11. The van der Waals surface area contributed by atoms with E-state index in [9.17, 15) is 4.79 Å². The van der Waals surface area contributed by atoms with E-state index in [2.05, 4.69) is 10.3 Å². The second-order valence-corrected chi connectivity index (χ2v) is 5.64. The van der Waals surface area contributed by atoms with Gasteiger partial charge in [-0.3, -0.25) is 4.79 Å². The second kappa shape index (κ2) is 6.92. The first-order valence-electron chi connectivity index (χ1n) is 5.90. The van der Waals surface area contributed by atoms with Crippen LogP contribution in [-0.2, 0) is 6.61 Å². The van der Waals surface area contributed by atoms with Crippen LogP contribution in [0, 0.1) is 0 Å². The lowest BCUT2D eigenvalue weighted by molar-refractivity contribution is 0.0951. The molecule has 0 aliphatic heterocycles. The molecule has 0 spiro atoms. The van der Waals surface area contributed by atoms with Gasteiger partial charge in [-0.2, -0.15) is 0 Å². The van der Waals surface area contributed by atoms with Gasteiger partial charge in [-0.15, -0.1) is 11.3 Å². The molecule has 0 bridgehead atoms. The number of ether oxygens (including phenoxy) is 1. The van der Waals surface area contributed by atoms with E-state index in [-0.39, 0.29) is 12.5 Å². The Balaban J connectivity index is 2.01. The highest BCUT2D eigenvalue weighted by Crippen LogP contribution is 2.28. The molecule has 1 N–H and O–H groups in total. The summed E-state index contributed by atoms with van der Waals surface area (Å²) in [5.41, 5.74) is 0.396. The highest BCUT2D eigenvalue weighted by molar-refractivity contribution is 7.09. The summed E-state index contributed by atoms with van der Waals surface area (Å²) < 4.78 is 5.56. The molecule has 1 heterocycles. The monoisotopic (exact) mass is 330 g/mol. The van der Waals surface area contributed by atoms with E-state index in [1.165, 1.54) is 11.3 Å². The van der Waals surface area contributed by atoms with Crippen LogP contribution in [0.1, 0.15) is 22.4 Å². The van der Waals surface area contributed by atoms with Gasteiger partial charge in [0.25, 0.3) is 5.91 Å². The molecule has 1 amide bonds. The lowest BCUT2D eigenvalue weighted by atomic mass is 10.3. The van der Waals surface area contributed by atoms with Gasteiger partial charge in [0, 0.05) is 23.0 Å². The Morgan fingerprint density at radius 2 is 2.25 bits per heavy atom. The van der Waals surface area contributed by atoms with Crippen LogP contribution < -0.4 is 10.1 Å². The number of benzene rings is 1. The third-order valence-corrected chi connectivity index (χ3v) is 3.74. The van der Waals surface area contributed by atoms with Crippen LogP contribution in [0.2, 0.25) is 10.0 Å². The van der Waals surface area contributed by atoms with Crippen LogP contribution in [0.15, 0.2) is 23.6 Å².